The number of para-hydroxylation sites is 2. The van der Waals surface area contributed by atoms with Crippen LogP contribution in [0.25, 0.3) is 69.6 Å². The van der Waals surface area contributed by atoms with Gasteiger partial charge in [0, 0.05) is 63.5 Å². The van der Waals surface area contributed by atoms with Crippen LogP contribution in [0.1, 0.15) is 22.3 Å². The van der Waals surface area contributed by atoms with Gasteiger partial charge in [-0.15, -0.1) is 11.3 Å². The number of thiophene rings is 1. The van der Waals surface area contributed by atoms with E-state index in [0.29, 0.717) is 0 Å². The Bertz CT molecular complexity index is 3850. The summed E-state index contributed by atoms with van der Waals surface area (Å²) >= 11 is 3.76. The molecule has 1 atom stereocenters. The Morgan fingerprint density at radius 1 is 0.381 bits per heavy atom. The molecule has 4 heteroatoms. The highest BCUT2D eigenvalue weighted by Crippen LogP contribution is 2.61. The molecule has 2 aromatic heterocycles. The molecular weight excluding hydrogens is 801 g/mol. The SMILES string of the molecule is c1ccc(N(c2ccc3c(c2)Sc2ccccc2C32c3ccccc3-c3cccc4cccc2c34)c2ccc3c(c2)c2ccccc2n3-c2ccc3sc4ccccc4c3c2)cc1. The first-order valence-corrected chi connectivity index (χ1v) is 23.2. The summed E-state index contributed by atoms with van der Waals surface area (Å²) in [6, 6.07) is 81.6. The quantitative estimate of drug-likeness (QED) is 0.174. The van der Waals surface area contributed by atoms with Crippen LogP contribution in [-0.2, 0) is 5.41 Å². The van der Waals surface area contributed by atoms with Crippen LogP contribution in [0.15, 0.2) is 228 Å². The number of aromatic nitrogens is 1. The summed E-state index contributed by atoms with van der Waals surface area (Å²) in [5.74, 6) is 0. The highest BCUT2D eigenvalue weighted by Gasteiger charge is 2.48. The van der Waals surface area contributed by atoms with Crippen LogP contribution in [0, 0.1) is 0 Å². The van der Waals surface area contributed by atoms with E-state index in [-0.39, 0.29) is 0 Å². The Labute approximate surface area is 372 Å². The van der Waals surface area contributed by atoms with Crippen LogP contribution in [0.2, 0.25) is 0 Å². The molecule has 0 fully saturated rings. The van der Waals surface area contributed by atoms with E-state index in [0.717, 1.165) is 17.1 Å². The van der Waals surface area contributed by atoms with Crippen molar-refractivity contribution >= 4 is 92.9 Å². The molecule has 2 aliphatic rings. The van der Waals surface area contributed by atoms with Gasteiger partial charge in [-0.2, -0.15) is 0 Å². The van der Waals surface area contributed by atoms with Crippen molar-refractivity contribution in [2.75, 3.05) is 4.90 Å². The minimum atomic E-state index is -0.489. The highest BCUT2D eigenvalue weighted by atomic mass is 32.2. The van der Waals surface area contributed by atoms with E-state index >= 15 is 0 Å². The second-order valence-electron chi connectivity index (χ2n) is 16.8. The van der Waals surface area contributed by atoms with Gasteiger partial charge in [-0.1, -0.05) is 151 Å². The molecule has 12 aromatic rings. The molecule has 0 saturated carbocycles. The Kier molecular flexibility index (Phi) is 7.45. The fourth-order valence-electron chi connectivity index (χ4n) is 11.1. The van der Waals surface area contributed by atoms with Crippen LogP contribution in [0.5, 0.6) is 0 Å². The fourth-order valence-corrected chi connectivity index (χ4v) is 13.4. The third-order valence-corrected chi connectivity index (χ3v) is 15.9. The van der Waals surface area contributed by atoms with Crippen LogP contribution in [0.3, 0.4) is 0 Å². The summed E-state index contributed by atoms with van der Waals surface area (Å²) in [5, 5.41) is 7.71. The number of anilines is 3. The lowest BCUT2D eigenvalue weighted by molar-refractivity contribution is 0.707. The normalized spacial score (nSPS) is 15.0. The topological polar surface area (TPSA) is 8.17 Å². The number of nitrogens with zero attached hydrogens (tertiary/aromatic N) is 2. The average molecular weight is 837 g/mol. The molecule has 1 aliphatic carbocycles. The van der Waals surface area contributed by atoms with Crippen molar-refractivity contribution in [2.24, 2.45) is 0 Å². The zero-order valence-electron chi connectivity index (χ0n) is 34.0. The van der Waals surface area contributed by atoms with Gasteiger partial charge < -0.3 is 9.47 Å². The standard InChI is InChI=1S/C59H36N2S2/c1-2-16-38(17-3-1)60(39-29-32-53-46(34-39)43-19-5-9-25-52(43)61(53)40-30-33-55-47(35-40)44-20-6-10-26-54(44)62-55)41-28-31-50-57(36-41)63-56-27-11-8-23-49(56)59(50)48-22-7-4-18-42(48)45-21-12-14-37-15-13-24-51(59)58(37)45/h1-36H. The van der Waals surface area contributed by atoms with E-state index in [9.17, 15) is 0 Å². The van der Waals surface area contributed by atoms with Crippen molar-refractivity contribution in [1.29, 1.82) is 0 Å². The van der Waals surface area contributed by atoms with E-state index < -0.39 is 5.41 Å². The lowest BCUT2D eigenvalue weighted by Gasteiger charge is -2.46. The molecule has 1 unspecified atom stereocenters. The molecule has 10 aromatic carbocycles. The van der Waals surface area contributed by atoms with Crippen molar-refractivity contribution in [1.82, 2.24) is 4.57 Å². The lowest BCUT2D eigenvalue weighted by Crippen LogP contribution is -2.36. The molecule has 2 nitrogen and oxygen atoms in total. The molecule has 0 amide bonds. The summed E-state index contributed by atoms with van der Waals surface area (Å²) in [7, 11) is 0. The van der Waals surface area contributed by atoms with E-state index in [1.54, 1.807) is 0 Å². The number of hydrogen-bond acceptors (Lipinski definition) is 3. The molecule has 0 bridgehead atoms. The van der Waals surface area contributed by atoms with Gasteiger partial charge in [-0.3, -0.25) is 0 Å². The molecule has 0 radical (unpaired) electrons. The number of rotatable bonds is 4. The molecule has 0 saturated heterocycles. The Balaban J connectivity index is 0.983. The van der Waals surface area contributed by atoms with Crippen molar-refractivity contribution in [3.05, 3.63) is 241 Å². The molecule has 294 valence electrons. The number of benzene rings is 10. The van der Waals surface area contributed by atoms with E-state index in [2.05, 4.69) is 228 Å². The minimum absolute atomic E-state index is 0.489. The van der Waals surface area contributed by atoms with Gasteiger partial charge in [0.25, 0.3) is 0 Å². The highest BCUT2D eigenvalue weighted by molar-refractivity contribution is 7.99. The number of hydrogen-bond donors (Lipinski definition) is 0. The summed E-state index contributed by atoms with van der Waals surface area (Å²) in [4.78, 5) is 5.00. The maximum absolute atomic E-state index is 2.45. The van der Waals surface area contributed by atoms with Crippen LogP contribution in [0.4, 0.5) is 17.1 Å². The molecule has 63 heavy (non-hydrogen) atoms. The van der Waals surface area contributed by atoms with Crippen molar-refractivity contribution in [2.45, 2.75) is 15.2 Å². The van der Waals surface area contributed by atoms with E-state index in [1.807, 2.05) is 23.1 Å². The monoisotopic (exact) mass is 836 g/mol. The first-order valence-electron chi connectivity index (χ1n) is 21.6. The van der Waals surface area contributed by atoms with Crippen LogP contribution in [-0.4, -0.2) is 4.57 Å². The maximum Gasteiger partial charge on any atom is 0.0735 e. The van der Waals surface area contributed by atoms with Crippen molar-refractivity contribution in [3.8, 4) is 16.8 Å². The first kappa shape index (κ1) is 35.2. The Morgan fingerprint density at radius 3 is 1.97 bits per heavy atom. The van der Waals surface area contributed by atoms with Gasteiger partial charge in [-0.25, -0.2) is 0 Å². The lowest BCUT2D eigenvalue weighted by atomic mass is 9.59. The maximum atomic E-state index is 2.45. The minimum Gasteiger partial charge on any atom is -0.310 e. The fraction of sp³-hybridized carbons (Fsp3) is 0.0169. The van der Waals surface area contributed by atoms with Gasteiger partial charge in [-0.05, 0) is 123 Å². The average Bonchev–Trinajstić information content (AvgIpc) is 3.88. The van der Waals surface area contributed by atoms with Crippen LogP contribution < -0.4 is 4.90 Å². The molecule has 3 heterocycles. The smallest absolute Gasteiger partial charge is 0.0735 e. The second kappa shape index (κ2) is 13.3. The van der Waals surface area contributed by atoms with Gasteiger partial charge >= 0.3 is 0 Å². The molecule has 14 rings (SSSR count). The summed E-state index contributed by atoms with van der Waals surface area (Å²) < 4.78 is 5.08. The molecular formula is C59H36N2S2. The van der Waals surface area contributed by atoms with Gasteiger partial charge in [0.1, 0.15) is 0 Å². The third-order valence-electron chi connectivity index (χ3n) is 13.6. The van der Waals surface area contributed by atoms with Gasteiger partial charge in [0.05, 0.1) is 16.4 Å². The molecule has 0 N–H and O–H groups in total. The second-order valence-corrected chi connectivity index (χ2v) is 19.0. The largest absolute Gasteiger partial charge is 0.310 e. The number of fused-ring (bicyclic) bond motifs is 14. The van der Waals surface area contributed by atoms with Crippen molar-refractivity contribution < 1.29 is 0 Å². The Hall–Kier alpha value is -7.37. The van der Waals surface area contributed by atoms with E-state index in [4.69, 9.17) is 0 Å². The van der Waals surface area contributed by atoms with Crippen LogP contribution >= 0.6 is 23.1 Å². The Morgan fingerprint density at radius 2 is 1.05 bits per heavy atom. The summed E-state index contributed by atoms with van der Waals surface area (Å²) in [5.41, 5.74) is 14.4. The zero-order chi connectivity index (χ0) is 41.2. The predicted octanol–water partition coefficient (Wildman–Crippen LogP) is 16.6. The molecule has 1 aliphatic heterocycles. The molecule has 1 spiro atoms. The zero-order valence-corrected chi connectivity index (χ0v) is 35.6. The van der Waals surface area contributed by atoms with Gasteiger partial charge in [0.2, 0.25) is 0 Å². The predicted molar refractivity (Wildman–Crippen MR) is 267 cm³/mol. The first-order chi connectivity index (χ1) is 31.2. The van der Waals surface area contributed by atoms with Gasteiger partial charge in [0.15, 0.2) is 0 Å². The van der Waals surface area contributed by atoms with E-state index in [1.165, 1.54) is 102 Å². The van der Waals surface area contributed by atoms with Crippen molar-refractivity contribution in [3.63, 3.8) is 0 Å². The summed E-state index contributed by atoms with van der Waals surface area (Å²) in [6.45, 7) is 0. The third kappa shape index (κ3) is 4.91. The summed E-state index contributed by atoms with van der Waals surface area (Å²) in [6.07, 6.45) is 0.